The van der Waals surface area contributed by atoms with Gasteiger partial charge in [0.25, 0.3) is 5.56 Å². The van der Waals surface area contributed by atoms with Crippen molar-refractivity contribution in [3.05, 3.63) is 34.7 Å². The molecule has 0 aliphatic rings. The van der Waals surface area contributed by atoms with Gasteiger partial charge in [0.05, 0.1) is 12.6 Å². The summed E-state index contributed by atoms with van der Waals surface area (Å²) in [5, 5.41) is 16.3. The number of aromatic amines is 1. The van der Waals surface area contributed by atoms with E-state index in [0.29, 0.717) is 44.7 Å². The van der Waals surface area contributed by atoms with E-state index in [4.69, 9.17) is 0 Å². The number of fused-ring (bicyclic) bond motifs is 1. The van der Waals surface area contributed by atoms with Gasteiger partial charge in [-0.2, -0.15) is 4.68 Å². The molecule has 0 aliphatic carbocycles. The lowest BCUT2D eigenvalue weighted by Crippen LogP contribution is -2.32. The summed E-state index contributed by atoms with van der Waals surface area (Å²) in [6.45, 7) is 6.22. The summed E-state index contributed by atoms with van der Waals surface area (Å²) in [4.78, 5) is 34.8. The largest absolute Gasteiger partial charge is 0.350 e. The average Bonchev–Trinajstić information content (AvgIpc) is 3.32. The molecule has 0 spiro atoms. The van der Waals surface area contributed by atoms with Gasteiger partial charge in [-0.05, 0) is 32.9 Å². The number of urea groups is 1. The number of aryl methyl sites for hydroxylation is 1. The van der Waals surface area contributed by atoms with Crippen LogP contribution in [0.2, 0.25) is 0 Å². The lowest BCUT2D eigenvalue weighted by atomic mass is 10.1. The van der Waals surface area contributed by atoms with Crippen LogP contribution in [-0.4, -0.2) is 42.6 Å². The number of nitrogens with zero attached hydrogens (tertiary/aromatic N) is 6. The number of pyridine rings is 2. The summed E-state index contributed by atoms with van der Waals surface area (Å²) in [5.74, 6) is 0.585. The molecule has 0 fully saturated rings. The zero-order chi connectivity index (χ0) is 22.1. The minimum atomic E-state index is -0.332. The molecule has 11 nitrogen and oxygen atoms in total. The van der Waals surface area contributed by atoms with Crippen molar-refractivity contribution >= 4 is 32.8 Å². The molecule has 4 heterocycles. The van der Waals surface area contributed by atoms with Crippen molar-refractivity contribution in [1.29, 1.82) is 0 Å². The number of nitrogens with one attached hydrogen (secondary N) is 3. The van der Waals surface area contributed by atoms with Gasteiger partial charge in [0, 0.05) is 24.3 Å². The van der Waals surface area contributed by atoms with E-state index < -0.39 is 0 Å². The smallest absolute Gasteiger partial charge is 0.338 e. The second kappa shape index (κ2) is 8.22. The molecule has 0 saturated heterocycles. The Morgan fingerprint density at radius 1 is 1.35 bits per heavy atom. The van der Waals surface area contributed by atoms with Gasteiger partial charge in [-0.15, -0.1) is 0 Å². The van der Waals surface area contributed by atoms with Gasteiger partial charge in [-0.25, -0.2) is 14.8 Å². The summed E-state index contributed by atoms with van der Waals surface area (Å²) >= 11 is 1.27. The van der Waals surface area contributed by atoms with Crippen LogP contribution in [0.3, 0.4) is 0 Å². The molecule has 4 rings (SSSR count). The van der Waals surface area contributed by atoms with E-state index >= 15 is 0 Å². The first kappa shape index (κ1) is 20.6. The minimum Gasteiger partial charge on any atom is -0.338 e. The van der Waals surface area contributed by atoms with Crippen molar-refractivity contribution in [3.8, 4) is 22.6 Å². The number of carbonyl (C=O) groups is 1. The van der Waals surface area contributed by atoms with Gasteiger partial charge < -0.3 is 5.32 Å². The number of hydrogen-bond acceptors (Lipinski definition) is 7. The van der Waals surface area contributed by atoms with Crippen molar-refractivity contribution in [2.75, 3.05) is 11.9 Å². The summed E-state index contributed by atoms with van der Waals surface area (Å²) in [6.07, 6.45) is 1.64. The third-order valence-corrected chi connectivity index (χ3v) is 5.60. The van der Waals surface area contributed by atoms with Gasteiger partial charge in [-0.3, -0.25) is 14.7 Å². The quantitative estimate of drug-likeness (QED) is 0.406. The molecule has 160 valence electrons. The molecular weight excluding hydrogens is 418 g/mol. The van der Waals surface area contributed by atoms with Crippen molar-refractivity contribution in [2.24, 2.45) is 7.05 Å². The fourth-order valence-corrected chi connectivity index (χ4v) is 4.27. The molecule has 0 saturated carbocycles. The van der Waals surface area contributed by atoms with Crippen molar-refractivity contribution in [2.45, 2.75) is 26.8 Å². The highest BCUT2D eigenvalue weighted by Crippen LogP contribution is 2.30. The summed E-state index contributed by atoms with van der Waals surface area (Å²) in [6, 6.07) is 4.93. The fraction of sp³-hybridized carbons (Fsp3) is 0.316. The maximum Gasteiger partial charge on any atom is 0.350 e. The average molecular weight is 441 g/mol. The summed E-state index contributed by atoms with van der Waals surface area (Å²) < 4.78 is 3.34. The fourth-order valence-electron chi connectivity index (χ4n) is 3.20. The molecule has 31 heavy (non-hydrogen) atoms. The molecule has 4 aromatic heterocycles. The maximum absolute atomic E-state index is 13.3. The van der Waals surface area contributed by atoms with Gasteiger partial charge in [0.15, 0.2) is 10.3 Å². The topological polar surface area (TPSA) is 134 Å². The van der Waals surface area contributed by atoms with Gasteiger partial charge >= 0.3 is 11.9 Å². The van der Waals surface area contributed by atoms with Crippen LogP contribution in [0.1, 0.15) is 26.8 Å². The highest BCUT2D eigenvalue weighted by Gasteiger charge is 2.19. The maximum atomic E-state index is 13.3. The van der Waals surface area contributed by atoms with Crippen LogP contribution in [-0.2, 0) is 7.05 Å². The van der Waals surface area contributed by atoms with Gasteiger partial charge in [-0.1, -0.05) is 22.6 Å². The predicted molar refractivity (Wildman–Crippen MR) is 117 cm³/mol. The lowest BCUT2D eigenvalue weighted by Gasteiger charge is -2.13. The third-order valence-electron chi connectivity index (χ3n) is 4.62. The Labute approximate surface area is 181 Å². The Hall–Kier alpha value is -3.67. The number of carbonyl (C=O) groups excluding carboxylic acids is 1. The molecular formula is C19H22N9O2S+. The number of tetrazole rings is 1. The third kappa shape index (κ3) is 3.89. The lowest BCUT2D eigenvalue weighted by molar-refractivity contribution is -0.721. The molecule has 3 N–H and O–H groups in total. The molecule has 0 radical (unpaired) electrons. The van der Waals surface area contributed by atoms with Crippen molar-refractivity contribution < 1.29 is 9.48 Å². The van der Waals surface area contributed by atoms with Crippen LogP contribution >= 0.6 is 11.3 Å². The first-order valence-electron chi connectivity index (χ1n) is 9.73. The molecule has 0 atom stereocenters. The highest BCUT2D eigenvalue weighted by atomic mass is 32.1. The van der Waals surface area contributed by atoms with Gasteiger partial charge in [0.2, 0.25) is 0 Å². The van der Waals surface area contributed by atoms with Crippen LogP contribution in [0.15, 0.2) is 29.2 Å². The molecule has 0 bridgehead atoms. The van der Waals surface area contributed by atoms with Crippen LogP contribution in [0.25, 0.3) is 33.0 Å². The Kier molecular flexibility index (Phi) is 5.46. The predicted octanol–water partition coefficient (Wildman–Crippen LogP) is 1.85. The van der Waals surface area contributed by atoms with Crippen molar-refractivity contribution in [3.63, 3.8) is 0 Å². The second-order valence-corrected chi connectivity index (χ2v) is 8.11. The Bertz CT molecular complexity index is 1300. The van der Waals surface area contributed by atoms with E-state index in [2.05, 4.69) is 36.1 Å². The molecule has 0 unspecified atom stereocenters. The number of aromatic nitrogens is 7. The van der Waals surface area contributed by atoms with E-state index in [1.807, 2.05) is 26.8 Å². The number of H-pyrrole nitrogens is 1. The molecule has 12 heteroatoms. The monoisotopic (exact) mass is 440 g/mol. The Balaban J connectivity index is 1.79. The summed E-state index contributed by atoms with van der Waals surface area (Å²) in [5.41, 5.74) is 2.28. The highest BCUT2D eigenvalue weighted by molar-refractivity contribution is 7.22. The zero-order valence-electron chi connectivity index (χ0n) is 17.5. The molecule has 0 aliphatic heterocycles. The first-order valence-corrected chi connectivity index (χ1v) is 10.6. The normalized spacial score (nSPS) is 11.3. The zero-order valence-corrected chi connectivity index (χ0v) is 18.3. The van der Waals surface area contributed by atoms with E-state index in [-0.39, 0.29) is 17.6 Å². The van der Waals surface area contributed by atoms with E-state index in [1.165, 1.54) is 11.3 Å². The van der Waals surface area contributed by atoms with E-state index in [9.17, 15) is 9.59 Å². The van der Waals surface area contributed by atoms with Crippen LogP contribution < -0.4 is 20.9 Å². The van der Waals surface area contributed by atoms with Crippen LogP contribution in [0.5, 0.6) is 0 Å². The summed E-state index contributed by atoms with van der Waals surface area (Å²) in [7, 11) is 1.79. The number of anilines is 1. The molecule has 2 amide bonds. The molecule has 4 aromatic rings. The number of amides is 2. The number of hydrogen-bond donors (Lipinski definition) is 3. The SMILES string of the molecule is CCNC(=O)Nc1nc2cc(-c3ccc(-c4nn[nH][n+]4C)nc3)c(=O)n(C(C)C)c2s1. The Morgan fingerprint density at radius 3 is 2.77 bits per heavy atom. The van der Waals surface area contributed by atoms with E-state index in [1.54, 1.807) is 34.6 Å². The number of rotatable bonds is 5. The minimum absolute atomic E-state index is 0.0888. The standard InChI is InChI=1S/C19H21N9O2S/c1-5-20-18(30)23-19-22-14-8-12(16(29)28(10(2)3)17(14)31-19)11-6-7-13(21-9-11)15-24-25-26-27(15)4/h6-10H,5H2,1-4H3,(H2,20,22,23,30)/p+1. The van der Waals surface area contributed by atoms with Crippen LogP contribution in [0, 0.1) is 0 Å². The number of thiazole rings is 1. The van der Waals surface area contributed by atoms with E-state index in [0.717, 1.165) is 0 Å². The first-order chi connectivity index (χ1) is 14.9. The van der Waals surface area contributed by atoms with Gasteiger partial charge in [0.1, 0.15) is 21.1 Å². The van der Waals surface area contributed by atoms with Crippen molar-refractivity contribution in [1.82, 2.24) is 35.4 Å². The molecule has 0 aromatic carbocycles. The second-order valence-electron chi connectivity index (χ2n) is 7.14. The Morgan fingerprint density at radius 2 is 2.16 bits per heavy atom. The van der Waals surface area contributed by atoms with Crippen LogP contribution in [0.4, 0.5) is 9.93 Å².